The van der Waals surface area contributed by atoms with Crippen LogP contribution in [0.15, 0.2) is 87.1 Å². The molecule has 2 aliphatic heterocycles. The van der Waals surface area contributed by atoms with Gasteiger partial charge in [0.05, 0.1) is 22.2 Å². The number of hydrogen-bond acceptors (Lipinski definition) is 6. The van der Waals surface area contributed by atoms with Crippen molar-refractivity contribution in [3.8, 4) is 0 Å². The number of fused-ring (bicyclic) bond motifs is 2. The number of alkyl halides is 3. The summed E-state index contributed by atoms with van der Waals surface area (Å²) in [5.74, 6) is -3.51. The Bertz CT molecular complexity index is 1850. The van der Waals surface area contributed by atoms with Crippen LogP contribution < -0.4 is 15.1 Å². The molecule has 0 bridgehead atoms. The summed E-state index contributed by atoms with van der Waals surface area (Å²) in [5, 5.41) is 2.14. The third-order valence-corrected chi connectivity index (χ3v) is 10.4. The second-order valence-electron chi connectivity index (χ2n) is 10.2. The van der Waals surface area contributed by atoms with Crippen LogP contribution in [0.25, 0.3) is 0 Å². The van der Waals surface area contributed by atoms with Crippen molar-refractivity contribution in [2.75, 3.05) is 10.2 Å². The molecule has 0 radical (unpaired) electrons. The zero-order valence-electron chi connectivity index (χ0n) is 22.2. The number of amides is 3. The van der Waals surface area contributed by atoms with Crippen molar-refractivity contribution < 1.29 is 27.6 Å². The van der Waals surface area contributed by atoms with Crippen LogP contribution in [0, 0.1) is 12.8 Å². The van der Waals surface area contributed by atoms with Crippen LogP contribution in [0.4, 0.5) is 24.5 Å². The highest BCUT2D eigenvalue weighted by molar-refractivity contribution is 9.10. The summed E-state index contributed by atoms with van der Waals surface area (Å²) < 4.78 is 42.5. The average Bonchev–Trinajstić information content (AvgIpc) is 3.38. The number of thiazole rings is 1. The smallest absolute Gasteiger partial charge is 0.325 e. The molecule has 43 heavy (non-hydrogen) atoms. The molecule has 3 unspecified atom stereocenters. The number of hydrogen-bond donors (Lipinski definition) is 1. The van der Waals surface area contributed by atoms with E-state index < -0.39 is 51.4 Å². The lowest BCUT2D eigenvalue weighted by atomic mass is 9.83. The molecule has 220 valence electrons. The van der Waals surface area contributed by atoms with Gasteiger partial charge in [-0.15, -0.1) is 0 Å². The molecule has 7 nitrogen and oxygen atoms in total. The van der Waals surface area contributed by atoms with E-state index in [9.17, 15) is 32.3 Å². The third kappa shape index (κ3) is 5.45. The summed E-state index contributed by atoms with van der Waals surface area (Å²) >= 11 is 5.33. The fraction of sp³-hybridized carbons (Fsp3) is 0.200. The van der Waals surface area contributed by atoms with E-state index in [0.29, 0.717) is 25.6 Å². The zero-order chi connectivity index (χ0) is 30.6. The van der Waals surface area contributed by atoms with E-state index in [-0.39, 0.29) is 12.2 Å². The van der Waals surface area contributed by atoms with Gasteiger partial charge in [0.2, 0.25) is 17.7 Å². The Morgan fingerprint density at radius 2 is 1.72 bits per heavy atom. The predicted octanol–water partition coefficient (Wildman–Crippen LogP) is 6.43. The molecule has 3 atom stereocenters. The lowest BCUT2D eigenvalue weighted by molar-refractivity contribution is -0.137. The maximum absolute atomic E-state index is 13.9. The van der Waals surface area contributed by atoms with Crippen LogP contribution in [0.5, 0.6) is 0 Å². The summed E-state index contributed by atoms with van der Waals surface area (Å²) in [7, 11) is 0. The maximum atomic E-state index is 13.9. The highest BCUT2D eigenvalue weighted by atomic mass is 79.9. The number of carbonyl (C=O) groups is 3. The molecule has 3 heterocycles. The number of imide groups is 1. The van der Waals surface area contributed by atoms with Gasteiger partial charge in [-0.3, -0.25) is 23.7 Å². The van der Waals surface area contributed by atoms with Gasteiger partial charge >= 0.3 is 11.0 Å². The first-order valence-electron chi connectivity index (χ1n) is 13.0. The molecule has 13 heteroatoms. The highest BCUT2D eigenvalue weighted by Crippen LogP contribution is 2.54. The van der Waals surface area contributed by atoms with Crippen molar-refractivity contribution in [3.63, 3.8) is 0 Å². The number of halogens is 4. The van der Waals surface area contributed by atoms with Gasteiger partial charge < -0.3 is 5.32 Å². The second kappa shape index (κ2) is 11.1. The Morgan fingerprint density at radius 3 is 2.44 bits per heavy atom. The minimum absolute atomic E-state index is 0.175. The van der Waals surface area contributed by atoms with Crippen LogP contribution in [0.1, 0.15) is 27.5 Å². The molecule has 0 aliphatic carbocycles. The molecular weight excluding hydrogens is 667 g/mol. The first-order chi connectivity index (χ1) is 20.4. The van der Waals surface area contributed by atoms with Gasteiger partial charge in [-0.25, -0.2) is 4.90 Å². The number of thioether (sulfide) groups is 1. The van der Waals surface area contributed by atoms with Crippen LogP contribution in [0.3, 0.4) is 0 Å². The number of rotatable bonds is 5. The van der Waals surface area contributed by atoms with Gasteiger partial charge in [0.25, 0.3) is 0 Å². The molecule has 3 aromatic carbocycles. The van der Waals surface area contributed by atoms with Crippen molar-refractivity contribution in [2.24, 2.45) is 5.92 Å². The number of nitrogens with one attached hydrogen (secondary N) is 1. The van der Waals surface area contributed by atoms with Gasteiger partial charge in [-0.1, -0.05) is 69.4 Å². The molecular formula is C30H21BrF3N3O4S2. The van der Waals surface area contributed by atoms with Crippen LogP contribution in [0.2, 0.25) is 0 Å². The summed E-state index contributed by atoms with van der Waals surface area (Å²) in [5.41, 5.74) is 0.997. The van der Waals surface area contributed by atoms with Gasteiger partial charge in [0.15, 0.2) is 0 Å². The zero-order valence-corrected chi connectivity index (χ0v) is 25.4. The number of benzene rings is 3. The van der Waals surface area contributed by atoms with Gasteiger partial charge in [0.1, 0.15) is 11.8 Å². The quantitative estimate of drug-likeness (QED) is 0.244. The van der Waals surface area contributed by atoms with Crippen LogP contribution in [-0.4, -0.2) is 27.5 Å². The van der Waals surface area contributed by atoms with Gasteiger partial charge in [0, 0.05) is 21.0 Å². The fourth-order valence-electron chi connectivity index (χ4n) is 5.46. The second-order valence-corrected chi connectivity index (χ2v) is 13.2. The first kappa shape index (κ1) is 29.4. The molecule has 2 aliphatic rings. The summed E-state index contributed by atoms with van der Waals surface area (Å²) in [4.78, 5) is 55.0. The Labute approximate surface area is 259 Å². The number of anilines is 2. The molecule has 0 saturated carbocycles. The van der Waals surface area contributed by atoms with Crippen LogP contribution >= 0.6 is 39.0 Å². The van der Waals surface area contributed by atoms with E-state index in [1.54, 1.807) is 42.5 Å². The molecule has 4 aromatic rings. The van der Waals surface area contributed by atoms with E-state index in [2.05, 4.69) is 21.2 Å². The van der Waals surface area contributed by atoms with E-state index in [4.69, 9.17) is 0 Å². The van der Waals surface area contributed by atoms with Crippen molar-refractivity contribution in [1.29, 1.82) is 0 Å². The molecule has 1 fully saturated rings. The lowest BCUT2D eigenvalue weighted by Gasteiger charge is -2.30. The molecule has 1 N–H and O–H groups in total. The predicted molar refractivity (Wildman–Crippen MR) is 161 cm³/mol. The number of nitrogens with zero attached hydrogens (tertiary/aromatic N) is 2. The molecule has 1 aromatic heterocycles. The molecule has 6 rings (SSSR count). The Balaban J connectivity index is 1.41. The average molecular weight is 689 g/mol. The minimum Gasteiger partial charge on any atom is -0.325 e. The van der Waals surface area contributed by atoms with E-state index in [1.165, 1.54) is 10.6 Å². The summed E-state index contributed by atoms with van der Waals surface area (Å²) in [6.45, 7) is 1.56. The van der Waals surface area contributed by atoms with E-state index in [1.807, 2.05) is 13.0 Å². The Kier molecular flexibility index (Phi) is 7.59. The third-order valence-electron chi connectivity index (χ3n) is 7.29. The minimum atomic E-state index is -4.67. The largest absolute Gasteiger partial charge is 0.416 e. The standard InChI is InChI=1S/C30H21BrF3N3O4S2/c1-15-5-2-9-19(11-15)35-21(38)14-36-28-25(43-29(36)41)22(16-6-3-8-18(31)12-16)23-24(42-28)27(40)37(26(23)39)20-10-4-7-17(13-20)30(32,33)34/h2-13,22-24H,14H2,1H3,(H,35,38). The van der Waals surface area contributed by atoms with Crippen LogP contribution in [-0.2, 0) is 27.1 Å². The molecule has 3 amide bonds. The highest BCUT2D eigenvalue weighted by Gasteiger charge is 2.57. The SMILES string of the molecule is Cc1cccc(NC(=O)Cn2c3c(sc2=O)C(c2cccc(Br)c2)C2C(=O)N(c4cccc(C(F)(F)F)c4)C(=O)C2S3)c1. The molecule has 1 saturated heterocycles. The number of carbonyl (C=O) groups excluding carboxylic acids is 3. The summed E-state index contributed by atoms with van der Waals surface area (Å²) in [6.07, 6.45) is -4.67. The monoisotopic (exact) mass is 687 g/mol. The topological polar surface area (TPSA) is 88.5 Å². The van der Waals surface area contributed by atoms with Gasteiger partial charge in [-0.2, -0.15) is 13.2 Å². The van der Waals surface area contributed by atoms with E-state index in [0.717, 1.165) is 51.8 Å². The molecule has 0 spiro atoms. The van der Waals surface area contributed by atoms with Crippen molar-refractivity contribution >= 4 is 68.1 Å². The van der Waals surface area contributed by atoms with Crippen molar-refractivity contribution in [3.05, 3.63) is 109 Å². The Morgan fingerprint density at radius 1 is 0.977 bits per heavy atom. The summed E-state index contributed by atoms with van der Waals surface area (Å²) in [6, 6.07) is 18.4. The fourth-order valence-corrected chi connectivity index (χ4v) is 8.65. The maximum Gasteiger partial charge on any atom is 0.416 e. The van der Waals surface area contributed by atoms with Crippen molar-refractivity contribution in [2.45, 2.75) is 35.8 Å². The normalized spacial score (nSPS) is 19.7. The van der Waals surface area contributed by atoms with Gasteiger partial charge in [-0.05, 0) is 60.5 Å². The number of aryl methyl sites for hydroxylation is 1. The number of aromatic nitrogens is 1. The Hall–Kier alpha value is -3.68. The lowest BCUT2D eigenvalue weighted by Crippen LogP contribution is -2.33. The van der Waals surface area contributed by atoms with Crippen molar-refractivity contribution in [1.82, 2.24) is 4.57 Å². The first-order valence-corrected chi connectivity index (χ1v) is 15.5. The van der Waals surface area contributed by atoms with E-state index >= 15 is 0 Å².